The molecule has 0 atom stereocenters. The van der Waals surface area contributed by atoms with E-state index >= 15 is 0 Å². The minimum atomic E-state index is 1.12. The van der Waals surface area contributed by atoms with Crippen LogP contribution in [-0.2, 0) is 0 Å². The second kappa shape index (κ2) is 3.78. The summed E-state index contributed by atoms with van der Waals surface area (Å²) < 4.78 is 0. The number of aryl methyl sites for hydroxylation is 3. The van der Waals surface area contributed by atoms with Crippen molar-refractivity contribution < 1.29 is 0 Å². The van der Waals surface area contributed by atoms with E-state index in [1.807, 2.05) is 6.20 Å². The van der Waals surface area contributed by atoms with Gasteiger partial charge in [-0.15, -0.1) is 11.3 Å². The zero-order valence-corrected chi connectivity index (χ0v) is 10.4. The molecule has 0 saturated carbocycles. The van der Waals surface area contributed by atoms with Gasteiger partial charge in [-0.2, -0.15) is 0 Å². The molecule has 0 saturated heterocycles. The highest BCUT2D eigenvalue weighted by Gasteiger charge is 2.06. The van der Waals surface area contributed by atoms with Crippen molar-refractivity contribution in [1.82, 2.24) is 4.98 Å². The Balaban J connectivity index is 2.55. The maximum Gasteiger partial charge on any atom is 0.123 e. The molecule has 0 spiro atoms. The summed E-state index contributed by atoms with van der Waals surface area (Å²) in [6.07, 6.45) is 1.94. The molecule has 15 heavy (non-hydrogen) atoms. The van der Waals surface area contributed by atoms with E-state index in [2.05, 4.69) is 44.8 Å². The lowest BCUT2D eigenvalue weighted by atomic mass is 10.0. The van der Waals surface area contributed by atoms with E-state index in [-0.39, 0.29) is 0 Å². The average Bonchev–Trinajstić information content (AvgIpc) is 2.60. The molecule has 0 fully saturated rings. The first-order valence-corrected chi connectivity index (χ1v) is 5.90. The van der Waals surface area contributed by atoms with Gasteiger partial charge < -0.3 is 0 Å². The number of benzene rings is 1. The molecule has 2 aromatic rings. The standard InChI is InChI=1S/C13H15NS/c1-8-5-12(6-9(2)11(8)4)13-14-7-10(3)15-13/h5-7H,1-4H3. The van der Waals surface area contributed by atoms with Crippen molar-refractivity contribution in [3.8, 4) is 10.6 Å². The van der Waals surface area contributed by atoms with Crippen molar-refractivity contribution >= 4 is 11.3 Å². The van der Waals surface area contributed by atoms with Gasteiger partial charge in [0.1, 0.15) is 5.01 Å². The third kappa shape index (κ3) is 1.95. The number of nitrogens with zero attached hydrogens (tertiary/aromatic N) is 1. The molecule has 78 valence electrons. The van der Waals surface area contributed by atoms with Crippen molar-refractivity contribution in [2.24, 2.45) is 0 Å². The van der Waals surface area contributed by atoms with Gasteiger partial charge in [-0.25, -0.2) is 4.98 Å². The fourth-order valence-corrected chi connectivity index (χ4v) is 2.40. The lowest BCUT2D eigenvalue weighted by Gasteiger charge is -2.06. The van der Waals surface area contributed by atoms with Crippen LogP contribution in [0.2, 0.25) is 0 Å². The summed E-state index contributed by atoms with van der Waals surface area (Å²) in [4.78, 5) is 5.68. The summed E-state index contributed by atoms with van der Waals surface area (Å²) in [6.45, 7) is 8.58. The summed E-state index contributed by atoms with van der Waals surface area (Å²) >= 11 is 1.75. The molecule has 0 bridgehead atoms. The lowest BCUT2D eigenvalue weighted by Crippen LogP contribution is -1.88. The molecular weight excluding hydrogens is 202 g/mol. The zero-order chi connectivity index (χ0) is 11.0. The minimum Gasteiger partial charge on any atom is -0.244 e. The van der Waals surface area contributed by atoms with Crippen LogP contribution in [0.1, 0.15) is 21.6 Å². The topological polar surface area (TPSA) is 12.9 Å². The molecule has 0 N–H and O–H groups in total. The van der Waals surface area contributed by atoms with E-state index in [1.165, 1.54) is 27.1 Å². The lowest BCUT2D eigenvalue weighted by molar-refractivity contribution is 1.26. The van der Waals surface area contributed by atoms with Gasteiger partial charge in [0.05, 0.1) is 0 Å². The van der Waals surface area contributed by atoms with Crippen LogP contribution in [0.15, 0.2) is 18.3 Å². The SMILES string of the molecule is Cc1cnc(-c2cc(C)c(C)c(C)c2)s1. The second-order valence-electron chi connectivity index (χ2n) is 4.01. The number of hydrogen-bond acceptors (Lipinski definition) is 2. The third-order valence-corrected chi connectivity index (χ3v) is 3.76. The Kier molecular flexibility index (Phi) is 2.61. The van der Waals surface area contributed by atoms with E-state index in [4.69, 9.17) is 0 Å². The van der Waals surface area contributed by atoms with Crippen LogP contribution in [0.3, 0.4) is 0 Å². The van der Waals surface area contributed by atoms with E-state index < -0.39 is 0 Å². The summed E-state index contributed by atoms with van der Waals surface area (Å²) in [5, 5.41) is 1.12. The van der Waals surface area contributed by atoms with Gasteiger partial charge in [0.15, 0.2) is 0 Å². The molecular formula is C13H15NS. The molecule has 1 aromatic carbocycles. The smallest absolute Gasteiger partial charge is 0.123 e. The van der Waals surface area contributed by atoms with Crippen LogP contribution in [0.25, 0.3) is 10.6 Å². The van der Waals surface area contributed by atoms with Crippen LogP contribution in [0.4, 0.5) is 0 Å². The maximum absolute atomic E-state index is 4.42. The largest absolute Gasteiger partial charge is 0.244 e. The molecule has 0 aliphatic rings. The zero-order valence-electron chi connectivity index (χ0n) is 9.59. The van der Waals surface area contributed by atoms with E-state index in [0.29, 0.717) is 0 Å². The highest BCUT2D eigenvalue weighted by atomic mass is 32.1. The van der Waals surface area contributed by atoms with Crippen molar-refractivity contribution in [2.45, 2.75) is 27.7 Å². The third-order valence-electron chi connectivity index (χ3n) is 2.80. The number of aromatic nitrogens is 1. The summed E-state index contributed by atoms with van der Waals surface area (Å²) in [7, 11) is 0. The second-order valence-corrected chi connectivity index (χ2v) is 5.25. The van der Waals surface area contributed by atoms with Crippen LogP contribution in [-0.4, -0.2) is 4.98 Å². The number of hydrogen-bond donors (Lipinski definition) is 0. The maximum atomic E-state index is 4.42. The highest BCUT2D eigenvalue weighted by molar-refractivity contribution is 7.14. The van der Waals surface area contributed by atoms with Gasteiger partial charge in [-0.05, 0) is 56.5 Å². The van der Waals surface area contributed by atoms with E-state index in [9.17, 15) is 0 Å². The molecule has 2 rings (SSSR count). The quantitative estimate of drug-likeness (QED) is 0.702. The fourth-order valence-electron chi connectivity index (χ4n) is 1.65. The van der Waals surface area contributed by atoms with Gasteiger partial charge in [0.2, 0.25) is 0 Å². The fraction of sp³-hybridized carbons (Fsp3) is 0.308. The van der Waals surface area contributed by atoms with E-state index in [0.717, 1.165) is 5.01 Å². The number of rotatable bonds is 1. The first-order chi connectivity index (χ1) is 7.08. The van der Waals surface area contributed by atoms with Gasteiger partial charge >= 0.3 is 0 Å². The Morgan fingerprint density at radius 2 is 1.60 bits per heavy atom. The predicted octanol–water partition coefficient (Wildman–Crippen LogP) is 4.04. The minimum absolute atomic E-state index is 1.12. The van der Waals surface area contributed by atoms with Crippen molar-refractivity contribution in [3.05, 3.63) is 39.9 Å². The van der Waals surface area contributed by atoms with Crippen LogP contribution >= 0.6 is 11.3 Å². The van der Waals surface area contributed by atoms with Crippen molar-refractivity contribution in [1.29, 1.82) is 0 Å². The van der Waals surface area contributed by atoms with Gasteiger partial charge in [-0.1, -0.05) is 0 Å². The molecule has 0 radical (unpaired) electrons. The first-order valence-electron chi connectivity index (χ1n) is 5.08. The Morgan fingerprint density at radius 1 is 1.00 bits per heavy atom. The monoisotopic (exact) mass is 217 g/mol. The van der Waals surface area contributed by atoms with Crippen molar-refractivity contribution in [2.75, 3.05) is 0 Å². The van der Waals surface area contributed by atoms with Gasteiger partial charge in [-0.3, -0.25) is 0 Å². The summed E-state index contributed by atoms with van der Waals surface area (Å²) in [5.41, 5.74) is 5.32. The predicted molar refractivity (Wildman–Crippen MR) is 66.5 cm³/mol. The molecule has 0 unspecified atom stereocenters. The Labute approximate surface area is 94.8 Å². The van der Waals surface area contributed by atoms with Crippen LogP contribution in [0, 0.1) is 27.7 Å². The van der Waals surface area contributed by atoms with Crippen LogP contribution < -0.4 is 0 Å². The molecule has 2 heteroatoms. The Hall–Kier alpha value is -1.15. The number of thiazole rings is 1. The van der Waals surface area contributed by atoms with Crippen LogP contribution in [0.5, 0.6) is 0 Å². The molecule has 0 amide bonds. The molecule has 1 nitrogen and oxygen atoms in total. The molecule has 0 aliphatic heterocycles. The highest BCUT2D eigenvalue weighted by Crippen LogP contribution is 2.28. The first kappa shape index (κ1) is 10.4. The van der Waals surface area contributed by atoms with Crippen molar-refractivity contribution in [3.63, 3.8) is 0 Å². The van der Waals surface area contributed by atoms with Gasteiger partial charge in [0.25, 0.3) is 0 Å². The van der Waals surface area contributed by atoms with E-state index in [1.54, 1.807) is 11.3 Å². The molecule has 1 heterocycles. The average molecular weight is 217 g/mol. The summed E-state index contributed by atoms with van der Waals surface area (Å²) in [6, 6.07) is 4.45. The summed E-state index contributed by atoms with van der Waals surface area (Å²) in [5.74, 6) is 0. The Bertz CT molecular complexity index is 474. The normalized spacial score (nSPS) is 10.7. The Morgan fingerprint density at radius 3 is 2.07 bits per heavy atom. The molecule has 1 aromatic heterocycles. The van der Waals surface area contributed by atoms with Gasteiger partial charge in [0, 0.05) is 16.6 Å². The molecule has 0 aliphatic carbocycles.